The monoisotopic (exact) mass is 447 g/mol. The largest absolute Gasteiger partial charge is 0.343 e. The van der Waals surface area contributed by atoms with Crippen molar-refractivity contribution in [2.24, 2.45) is 0 Å². The number of nitrogens with one attached hydrogen (secondary N) is 3. The molecule has 0 bridgehead atoms. The number of thiophene rings is 2. The molecule has 0 aromatic carbocycles. The van der Waals surface area contributed by atoms with E-state index in [1.54, 1.807) is 22.7 Å². The predicted molar refractivity (Wildman–Crippen MR) is 107 cm³/mol. The molecule has 0 radical (unpaired) electrons. The number of Topliss-reactive ketones (excluding diaryl/α,β-unsaturated/α-hetero) is 1. The molecule has 2 aliphatic rings. The number of carbonyl (C=O) groups excluding carboxylic acids is 1. The van der Waals surface area contributed by atoms with E-state index < -0.39 is 0 Å². The molecule has 0 amide bonds. The summed E-state index contributed by atoms with van der Waals surface area (Å²) in [7, 11) is 0. The van der Waals surface area contributed by atoms with Gasteiger partial charge in [0.05, 0.1) is 15.3 Å². The molecule has 0 saturated carbocycles. The average Bonchev–Trinajstić information content (AvgIpc) is 3.35. The smallest absolute Gasteiger partial charge is 0.270 e. The van der Waals surface area contributed by atoms with Gasteiger partial charge in [0.15, 0.2) is 5.78 Å². The van der Waals surface area contributed by atoms with Crippen molar-refractivity contribution < 1.29 is 4.79 Å². The second-order valence-electron chi connectivity index (χ2n) is 6.50. The molecule has 8 heteroatoms. The van der Waals surface area contributed by atoms with E-state index >= 15 is 0 Å². The van der Waals surface area contributed by atoms with Gasteiger partial charge in [-0.2, -0.15) is 0 Å². The maximum atomic E-state index is 13.1. The second-order valence-corrected chi connectivity index (χ2v) is 9.98. The third-order valence-corrected chi connectivity index (χ3v) is 7.72. The summed E-state index contributed by atoms with van der Waals surface area (Å²) in [6.45, 7) is 0. The number of ketones is 1. The Kier molecular flexibility index (Phi) is 3.80. The minimum absolute atomic E-state index is 0.123. The number of aromatic nitrogens is 2. The molecule has 5 rings (SSSR count). The highest BCUT2D eigenvalue weighted by Gasteiger charge is 2.41. The molecule has 3 aromatic heterocycles. The fourth-order valence-corrected chi connectivity index (χ4v) is 6.29. The average molecular weight is 448 g/mol. The lowest BCUT2D eigenvalue weighted by Crippen LogP contribution is -2.31. The predicted octanol–water partition coefficient (Wildman–Crippen LogP) is 4.55. The van der Waals surface area contributed by atoms with Gasteiger partial charge in [0.25, 0.3) is 5.56 Å². The Morgan fingerprint density at radius 2 is 1.96 bits per heavy atom. The summed E-state index contributed by atoms with van der Waals surface area (Å²) in [5.74, 6) is 0.668. The van der Waals surface area contributed by atoms with Crippen LogP contribution in [0, 0.1) is 0 Å². The Bertz CT molecular complexity index is 1090. The third kappa shape index (κ3) is 2.47. The van der Waals surface area contributed by atoms with Crippen LogP contribution in [0.15, 0.2) is 49.5 Å². The lowest BCUT2D eigenvalue weighted by Gasteiger charge is -2.33. The van der Waals surface area contributed by atoms with Crippen molar-refractivity contribution in [1.82, 2.24) is 10.2 Å². The van der Waals surface area contributed by atoms with E-state index in [0.29, 0.717) is 17.8 Å². The molecule has 1 aliphatic heterocycles. The fourth-order valence-electron chi connectivity index (χ4n) is 3.91. The van der Waals surface area contributed by atoms with E-state index in [-0.39, 0.29) is 23.2 Å². The van der Waals surface area contributed by atoms with Gasteiger partial charge in [0.1, 0.15) is 5.82 Å². The summed E-state index contributed by atoms with van der Waals surface area (Å²) in [6.07, 6.45) is 1.26. The van der Waals surface area contributed by atoms with Gasteiger partial charge in [-0.25, -0.2) is 0 Å². The first kappa shape index (κ1) is 16.3. The Labute approximate surface area is 165 Å². The van der Waals surface area contributed by atoms with Crippen LogP contribution in [-0.2, 0) is 4.79 Å². The fraction of sp³-hybridized carbons (Fsp3) is 0.222. The summed E-state index contributed by atoms with van der Waals surface area (Å²) in [6, 6.07) is 8.07. The zero-order chi connectivity index (χ0) is 17.8. The van der Waals surface area contributed by atoms with Crippen LogP contribution >= 0.6 is 38.6 Å². The van der Waals surface area contributed by atoms with E-state index in [9.17, 15) is 9.59 Å². The zero-order valence-electron chi connectivity index (χ0n) is 13.5. The number of anilines is 1. The van der Waals surface area contributed by atoms with Crippen molar-refractivity contribution in [2.45, 2.75) is 24.7 Å². The Morgan fingerprint density at radius 1 is 1.08 bits per heavy atom. The van der Waals surface area contributed by atoms with Crippen LogP contribution in [0.2, 0.25) is 0 Å². The summed E-state index contributed by atoms with van der Waals surface area (Å²) in [5, 5.41) is 11.0. The molecule has 4 heterocycles. The lowest BCUT2D eigenvalue weighted by atomic mass is 9.76. The molecule has 2 atom stereocenters. The molecule has 1 aliphatic carbocycles. The highest BCUT2D eigenvalue weighted by Crippen LogP contribution is 2.48. The number of carbonyl (C=O) groups is 1. The number of allylic oxidation sites excluding steroid dienone is 2. The minimum Gasteiger partial charge on any atom is -0.343 e. The number of rotatable bonds is 2. The molecule has 0 unspecified atom stereocenters. The molecule has 26 heavy (non-hydrogen) atoms. The minimum atomic E-state index is -0.315. The van der Waals surface area contributed by atoms with Gasteiger partial charge < -0.3 is 5.32 Å². The third-order valence-electron chi connectivity index (χ3n) is 5.00. The van der Waals surface area contributed by atoms with Crippen molar-refractivity contribution in [3.8, 4) is 0 Å². The maximum absolute atomic E-state index is 13.1. The highest BCUT2D eigenvalue weighted by atomic mass is 79.9. The number of hydrogen-bond donors (Lipinski definition) is 3. The molecule has 3 N–H and O–H groups in total. The molecular weight excluding hydrogens is 434 g/mol. The highest BCUT2D eigenvalue weighted by molar-refractivity contribution is 9.11. The van der Waals surface area contributed by atoms with E-state index in [4.69, 9.17) is 0 Å². The van der Waals surface area contributed by atoms with Crippen LogP contribution in [0.1, 0.15) is 40.0 Å². The molecule has 0 fully saturated rings. The molecule has 0 spiro atoms. The second kappa shape index (κ2) is 6.07. The molecule has 0 saturated heterocycles. The number of aromatic amines is 2. The number of fused-ring (bicyclic) bond motifs is 1. The van der Waals surface area contributed by atoms with Crippen molar-refractivity contribution in [3.63, 3.8) is 0 Å². The van der Waals surface area contributed by atoms with Gasteiger partial charge in [-0.1, -0.05) is 6.07 Å². The van der Waals surface area contributed by atoms with Crippen LogP contribution < -0.4 is 10.9 Å². The van der Waals surface area contributed by atoms with E-state index in [0.717, 1.165) is 26.4 Å². The van der Waals surface area contributed by atoms with Gasteiger partial charge >= 0.3 is 0 Å². The first-order valence-corrected chi connectivity index (χ1v) is 10.7. The van der Waals surface area contributed by atoms with Crippen molar-refractivity contribution in [3.05, 3.63) is 70.4 Å². The molecule has 132 valence electrons. The first-order chi connectivity index (χ1) is 12.6. The maximum Gasteiger partial charge on any atom is 0.270 e. The van der Waals surface area contributed by atoms with Crippen molar-refractivity contribution >= 4 is 50.2 Å². The van der Waals surface area contributed by atoms with Crippen LogP contribution in [0.3, 0.4) is 0 Å². The molecule has 5 nitrogen and oxygen atoms in total. The van der Waals surface area contributed by atoms with Gasteiger partial charge in [0, 0.05) is 33.4 Å². The molecular formula is C18H14BrN3O2S2. The van der Waals surface area contributed by atoms with E-state index in [2.05, 4.69) is 37.5 Å². The van der Waals surface area contributed by atoms with Crippen LogP contribution in [0.25, 0.3) is 0 Å². The lowest BCUT2D eigenvalue weighted by molar-refractivity contribution is -0.116. The first-order valence-electron chi connectivity index (χ1n) is 8.24. The summed E-state index contributed by atoms with van der Waals surface area (Å²) >= 11 is 6.75. The standard InChI is InChI=1S/C18H14BrN3O2S2/c19-13-4-3-12(26-13)15-14-9(20-17-16(15)18(24)22-21-17)6-8(7-10(14)23)11-2-1-5-25-11/h1-5,8,15H,6-7H2,(H3,20,21,22,24)/t8-,15-/m0/s1. The topological polar surface area (TPSA) is 77.8 Å². The Hall–Kier alpha value is -1.90. The van der Waals surface area contributed by atoms with Crippen LogP contribution in [0.5, 0.6) is 0 Å². The number of H-pyrrole nitrogens is 2. The van der Waals surface area contributed by atoms with Crippen LogP contribution in [-0.4, -0.2) is 16.0 Å². The summed E-state index contributed by atoms with van der Waals surface area (Å²) in [5.41, 5.74) is 2.09. The quantitative estimate of drug-likeness (QED) is 0.539. The van der Waals surface area contributed by atoms with Gasteiger partial charge in [-0.15, -0.1) is 22.7 Å². The van der Waals surface area contributed by atoms with E-state index in [1.165, 1.54) is 4.88 Å². The summed E-state index contributed by atoms with van der Waals surface area (Å²) < 4.78 is 0.987. The number of hydrogen-bond acceptors (Lipinski definition) is 5. The van der Waals surface area contributed by atoms with E-state index in [1.807, 2.05) is 23.6 Å². The van der Waals surface area contributed by atoms with Gasteiger partial charge in [-0.05, 0) is 45.9 Å². The SMILES string of the molecule is O=C1C[C@@H](c2cccs2)CC2=C1[C@H](c1ccc(Br)s1)c1c([nH][nH]c1=O)N2. The van der Waals surface area contributed by atoms with Crippen molar-refractivity contribution in [1.29, 1.82) is 0 Å². The van der Waals surface area contributed by atoms with Crippen LogP contribution in [0.4, 0.5) is 5.82 Å². The Balaban J connectivity index is 1.66. The Morgan fingerprint density at radius 3 is 2.69 bits per heavy atom. The van der Waals surface area contributed by atoms with Gasteiger partial charge in [-0.3, -0.25) is 19.8 Å². The van der Waals surface area contributed by atoms with Crippen molar-refractivity contribution in [2.75, 3.05) is 5.32 Å². The normalized spacial score (nSPS) is 22.1. The molecule has 3 aromatic rings. The zero-order valence-corrected chi connectivity index (χ0v) is 16.7. The van der Waals surface area contributed by atoms with Gasteiger partial charge in [0.2, 0.25) is 0 Å². The number of halogens is 1. The summed E-state index contributed by atoms with van der Waals surface area (Å²) in [4.78, 5) is 27.8.